The Bertz CT molecular complexity index is 640. The average molecular weight is 342 g/mol. The first-order valence-corrected chi connectivity index (χ1v) is 6.88. The van der Waals surface area contributed by atoms with E-state index in [2.05, 4.69) is 15.9 Å². The van der Waals surface area contributed by atoms with Crippen LogP contribution < -0.4 is 0 Å². The SMILES string of the molecule is Cc1ccc(Br)cc1C(=O)Cc1ccc(Cl)c(F)c1. The van der Waals surface area contributed by atoms with Crippen LogP contribution in [0.5, 0.6) is 0 Å². The van der Waals surface area contributed by atoms with Gasteiger partial charge in [0.1, 0.15) is 5.82 Å². The van der Waals surface area contributed by atoms with E-state index >= 15 is 0 Å². The number of carbonyl (C=O) groups excluding carboxylic acids is 1. The third-order valence-electron chi connectivity index (χ3n) is 2.85. The van der Waals surface area contributed by atoms with E-state index < -0.39 is 5.82 Å². The quantitative estimate of drug-likeness (QED) is 0.720. The lowest BCUT2D eigenvalue weighted by Crippen LogP contribution is -2.06. The minimum absolute atomic E-state index is 0.0412. The summed E-state index contributed by atoms with van der Waals surface area (Å²) in [7, 11) is 0. The van der Waals surface area contributed by atoms with Gasteiger partial charge in [0.25, 0.3) is 0 Å². The van der Waals surface area contributed by atoms with Crippen LogP contribution in [0, 0.1) is 12.7 Å². The van der Waals surface area contributed by atoms with Crippen molar-refractivity contribution in [2.24, 2.45) is 0 Å². The van der Waals surface area contributed by atoms with Gasteiger partial charge in [0.2, 0.25) is 0 Å². The maximum absolute atomic E-state index is 13.3. The predicted octanol–water partition coefficient (Wildman–Crippen LogP) is 4.98. The average Bonchev–Trinajstić information content (AvgIpc) is 2.36. The second-order valence-corrected chi connectivity index (χ2v) is 5.63. The molecule has 0 aliphatic carbocycles. The standard InChI is InChI=1S/C15H11BrClFO/c1-9-2-4-11(16)8-12(9)15(19)7-10-3-5-13(17)14(18)6-10/h2-6,8H,7H2,1H3. The summed E-state index contributed by atoms with van der Waals surface area (Å²) in [6.07, 6.45) is 0.158. The van der Waals surface area contributed by atoms with Crippen LogP contribution in [0.15, 0.2) is 40.9 Å². The molecule has 0 N–H and O–H groups in total. The number of carbonyl (C=O) groups is 1. The Morgan fingerprint density at radius 3 is 2.68 bits per heavy atom. The van der Waals surface area contributed by atoms with Gasteiger partial charge in [-0.3, -0.25) is 4.79 Å². The van der Waals surface area contributed by atoms with Gasteiger partial charge >= 0.3 is 0 Å². The van der Waals surface area contributed by atoms with E-state index in [0.717, 1.165) is 10.0 Å². The highest BCUT2D eigenvalue weighted by Crippen LogP contribution is 2.20. The van der Waals surface area contributed by atoms with Gasteiger partial charge in [-0.2, -0.15) is 0 Å². The maximum atomic E-state index is 13.3. The number of rotatable bonds is 3. The Kier molecular flexibility index (Phi) is 4.38. The van der Waals surface area contributed by atoms with Gasteiger partial charge in [-0.05, 0) is 42.3 Å². The Hall–Kier alpha value is -1.19. The largest absolute Gasteiger partial charge is 0.294 e. The molecule has 0 fully saturated rings. The molecule has 0 aromatic heterocycles. The van der Waals surface area contributed by atoms with Crippen molar-refractivity contribution in [2.45, 2.75) is 13.3 Å². The zero-order valence-corrected chi connectivity index (χ0v) is 12.6. The Labute approximate surface area is 124 Å². The molecule has 0 saturated heterocycles. The van der Waals surface area contributed by atoms with Gasteiger partial charge in [-0.25, -0.2) is 4.39 Å². The van der Waals surface area contributed by atoms with Crippen LogP contribution in [0.2, 0.25) is 5.02 Å². The van der Waals surface area contributed by atoms with E-state index in [1.165, 1.54) is 12.1 Å². The minimum Gasteiger partial charge on any atom is -0.294 e. The van der Waals surface area contributed by atoms with Gasteiger partial charge in [-0.15, -0.1) is 0 Å². The first-order valence-electron chi connectivity index (χ1n) is 5.70. The summed E-state index contributed by atoms with van der Waals surface area (Å²) in [5.74, 6) is -0.543. The number of aryl methyl sites for hydroxylation is 1. The zero-order chi connectivity index (χ0) is 14.0. The lowest BCUT2D eigenvalue weighted by Gasteiger charge is -2.06. The molecule has 0 unspecified atom stereocenters. The molecule has 2 aromatic rings. The molecular weight excluding hydrogens is 331 g/mol. The molecule has 1 nitrogen and oxygen atoms in total. The fourth-order valence-electron chi connectivity index (χ4n) is 1.82. The van der Waals surface area contributed by atoms with E-state index in [4.69, 9.17) is 11.6 Å². The minimum atomic E-state index is -0.502. The van der Waals surface area contributed by atoms with Crippen LogP contribution in [0.1, 0.15) is 21.5 Å². The molecule has 0 aliphatic rings. The van der Waals surface area contributed by atoms with Crippen molar-refractivity contribution >= 4 is 33.3 Å². The molecule has 0 radical (unpaired) electrons. The summed E-state index contributed by atoms with van der Waals surface area (Å²) in [5, 5.41) is 0.0647. The highest BCUT2D eigenvalue weighted by molar-refractivity contribution is 9.10. The van der Waals surface area contributed by atoms with Crippen molar-refractivity contribution in [3.8, 4) is 0 Å². The van der Waals surface area contributed by atoms with Gasteiger partial charge in [0.05, 0.1) is 5.02 Å². The van der Waals surface area contributed by atoms with E-state index in [9.17, 15) is 9.18 Å². The molecular formula is C15H11BrClFO. The van der Waals surface area contributed by atoms with E-state index in [1.807, 2.05) is 19.1 Å². The second-order valence-electron chi connectivity index (χ2n) is 4.31. The van der Waals surface area contributed by atoms with Crippen LogP contribution in [-0.4, -0.2) is 5.78 Å². The Balaban J connectivity index is 2.25. The van der Waals surface area contributed by atoms with E-state index in [-0.39, 0.29) is 17.2 Å². The van der Waals surface area contributed by atoms with Crippen LogP contribution in [-0.2, 0) is 6.42 Å². The first kappa shape index (κ1) is 14.2. The summed E-state index contributed by atoms with van der Waals surface area (Å²) in [5.41, 5.74) is 2.17. The van der Waals surface area contributed by atoms with Crippen molar-refractivity contribution in [3.05, 3.63) is 68.4 Å². The molecule has 0 aliphatic heterocycles. The fraction of sp³-hybridized carbons (Fsp3) is 0.133. The smallest absolute Gasteiger partial charge is 0.167 e. The van der Waals surface area contributed by atoms with Gasteiger partial charge in [0.15, 0.2) is 5.78 Å². The second kappa shape index (κ2) is 5.85. The first-order chi connectivity index (χ1) is 8.97. The molecule has 19 heavy (non-hydrogen) atoms. The lowest BCUT2D eigenvalue weighted by molar-refractivity contribution is 0.0992. The number of hydrogen-bond donors (Lipinski definition) is 0. The molecule has 0 atom stereocenters. The van der Waals surface area contributed by atoms with E-state index in [0.29, 0.717) is 11.1 Å². The number of hydrogen-bond acceptors (Lipinski definition) is 1. The number of halogens is 3. The molecule has 2 rings (SSSR count). The summed E-state index contributed by atoms with van der Waals surface area (Å²) in [4.78, 5) is 12.2. The zero-order valence-electron chi connectivity index (χ0n) is 10.2. The Morgan fingerprint density at radius 1 is 1.26 bits per heavy atom. The van der Waals surface area contributed by atoms with Crippen molar-refractivity contribution in [3.63, 3.8) is 0 Å². The van der Waals surface area contributed by atoms with Crippen LogP contribution in [0.3, 0.4) is 0 Å². The van der Waals surface area contributed by atoms with Crippen LogP contribution in [0.4, 0.5) is 4.39 Å². The molecule has 0 spiro atoms. The third-order valence-corrected chi connectivity index (χ3v) is 3.65. The van der Waals surface area contributed by atoms with Gasteiger partial charge < -0.3 is 0 Å². The van der Waals surface area contributed by atoms with Gasteiger partial charge in [0, 0.05) is 16.5 Å². The number of ketones is 1. The third kappa shape index (κ3) is 3.43. The van der Waals surface area contributed by atoms with Crippen molar-refractivity contribution < 1.29 is 9.18 Å². The van der Waals surface area contributed by atoms with Crippen molar-refractivity contribution in [2.75, 3.05) is 0 Å². The summed E-state index contributed by atoms with van der Waals surface area (Å²) in [6, 6.07) is 9.97. The summed E-state index contributed by atoms with van der Waals surface area (Å²) in [6.45, 7) is 1.88. The molecule has 2 aromatic carbocycles. The summed E-state index contributed by atoms with van der Waals surface area (Å²) < 4.78 is 14.2. The van der Waals surface area contributed by atoms with Crippen LogP contribution >= 0.6 is 27.5 Å². The number of Topliss-reactive ketones (excluding diaryl/α,β-unsaturated/α-hetero) is 1. The monoisotopic (exact) mass is 340 g/mol. The van der Waals surface area contributed by atoms with Crippen molar-refractivity contribution in [1.29, 1.82) is 0 Å². The summed E-state index contributed by atoms with van der Waals surface area (Å²) >= 11 is 8.96. The highest BCUT2D eigenvalue weighted by atomic mass is 79.9. The molecule has 0 bridgehead atoms. The van der Waals surface area contributed by atoms with E-state index in [1.54, 1.807) is 12.1 Å². The number of benzene rings is 2. The highest BCUT2D eigenvalue weighted by Gasteiger charge is 2.11. The maximum Gasteiger partial charge on any atom is 0.167 e. The molecule has 0 amide bonds. The topological polar surface area (TPSA) is 17.1 Å². The molecule has 4 heteroatoms. The molecule has 0 saturated carbocycles. The predicted molar refractivity (Wildman–Crippen MR) is 78.3 cm³/mol. The molecule has 98 valence electrons. The lowest BCUT2D eigenvalue weighted by atomic mass is 9.99. The Morgan fingerprint density at radius 2 is 2.00 bits per heavy atom. The molecule has 0 heterocycles. The van der Waals surface area contributed by atoms with Crippen molar-refractivity contribution in [1.82, 2.24) is 0 Å². The van der Waals surface area contributed by atoms with Crippen LogP contribution in [0.25, 0.3) is 0 Å². The van der Waals surface area contributed by atoms with Gasteiger partial charge in [-0.1, -0.05) is 39.7 Å². The fourth-order valence-corrected chi connectivity index (χ4v) is 2.30. The normalized spacial score (nSPS) is 10.5.